The number of nitriles is 1. The lowest BCUT2D eigenvalue weighted by molar-refractivity contribution is 0.252. The summed E-state index contributed by atoms with van der Waals surface area (Å²) in [5, 5.41) is 14.0. The molecule has 0 aliphatic heterocycles. The molecule has 5 heteroatoms. The van der Waals surface area contributed by atoms with E-state index in [1.54, 1.807) is 24.3 Å². The highest BCUT2D eigenvalue weighted by molar-refractivity contribution is 6.30. The van der Waals surface area contributed by atoms with E-state index >= 15 is 0 Å². The first-order valence-corrected chi connectivity index (χ1v) is 4.77. The minimum Gasteiger partial charge on any atom is -0.337 e. The van der Waals surface area contributed by atoms with Gasteiger partial charge < -0.3 is 10.6 Å². The SMILES string of the molecule is N#CCCNC(=O)Nc1cccc(Cl)c1. The van der Waals surface area contributed by atoms with Crippen LogP contribution in [-0.2, 0) is 0 Å². The molecular weight excluding hydrogens is 214 g/mol. The maximum Gasteiger partial charge on any atom is 0.319 e. The van der Waals surface area contributed by atoms with E-state index in [-0.39, 0.29) is 6.03 Å². The van der Waals surface area contributed by atoms with Crippen molar-refractivity contribution in [1.82, 2.24) is 5.32 Å². The molecule has 1 rings (SSSR count). The molecule has 0 unspecified atom stereocenters. The van der Waals surface area contributed by atoms with Gasteiger partial charge in [-0.15, -0.1) is 0 Å². The zero-order chi connectivity index (χ0) is 11.1. The van der Waals surface area contributed by atoms with Crippen molar-refractivity contribution in [1.29, 1.82) is 5.26 Å². The minimum atomic E-state index is -0.340. The Kier molecular flexibility index (Phi) is 4.45. The van der Waals surface area contributed by atoms with E-state index in [1.807, 2.05) is 6.07 Å². The summed E-state index contributed by atoms with van der Waals surface area (Å²) in [6.07, 6.45) is 0.295. The first-order valence-electron chi connectivity index (χ1n) is 4.40. The Morgan fingerprint density at radius 1 is 1.53 bits per heavy atom. The number of hydrogen-bond donors (Lipinski definition) is 2. The number of benzene rings is 1. The fourth-order valence-electron chi connectivity index (χ4n) is 0.973. The number of halogens is 1. The zero-order valence-corrected chi connectivity index (χ0v) is 8.71. The average Bonchev–Trinajstić information content (AvgIpc) is 2.18. The predicted molar refractivity (Wildman–Crippen MR) is 58.7 cm³/mol. The summed E-state index contributed by atoms with van der Waals surface area (Å²) in [5.41, 5.74) is 0.622. The third-order valence-corrected chi connectivity index (χ3v) is 1.84. The Morgan fingerprint density at radius 2 is 2.33 bits per heavy atom. The molecule has 15 heavy (non-hydrogen) atoms. The number of amides is 2. The van der Waals surface area contributed by atoms with Crippen molar-refractivity contribution in [2.24, 2.45) is 0 Å². The molecule has 0 aromatic heterocycles. The van der Waals surface area contributed by atoms with Crippen LogP contribution >= 0.6 is 11.6 Å². The number of carbonyl (C=O) groups is 1. The third-order valence-electron chi connectivity index (χ3n) is 1.60. The van der Waals surface area contributed by atoms with E-state index < -0.39 is 0 Å². The molecule has 0 heterocycles. The van der Waals surface area contributed by atoms with Gasteiger partial charge in [-0.05, 0) is 18.2 Å². The van der Waals surface area contributed by atoms with Gasteiger partial charge in [-0.3, -0.25) is 0 Å². The summed E-state index contributed by atoms with van der Waals surface area (Å²) < 4.78 is 0. The largest absolute Gasteiger partial charge is 0.337 e. The normalized spacial score (nSPS) is 9.07. The van der Waals surface area contributed by atoms with Crippen LogP contribution in [0.25, 0.3) is 0 Å². The van der Waals surface area contributed by atoms with E-state index in [2.05, 4.69) is 10.6 Å². The van der Waals surface area contributed by atoms with Crippen LogP contribution in [0.5, 0.6) is 0 Å². The second-order valence-corrected chi connectivity index (χ2v) is 3.24. The lowest BCUT2D eigenvalue weighted by atomic mass is 10.3. The van der Waals surface area contributed by atoms with Gasteiger partial charge in [0.05, 0.1) is 12.5 Å². The van der Waals surface area contributed by atoms with Gasteiger partial charge in [0.2, 0.25) is 0 Å². The maximum absolute atomic E-state index is 11.2. The van der Waals surface area contributed by atoms with Gasteiger partial charge in [-0.25, -0.2) is 4.79 Å². The number of nitrogens with zero attached hydrogens (tertiary/aromatic N) is 1. The molecule has 2 amide bonds. The fraction of sp³-hybridized carbons (Fsp3) is 0.200. The molecular formula is C10H10ClN3O. The van der Waals surface area contributed by atoms with Crippen molar-refractivity contribution in [3.05, 3.63) is 29.3 Å². The number of anilines is 1. The zero-order valence-electron chi connectivity index (χ0n) is 7.96. The summed E-state index contributed by atoms with van der Waals surface area (Å²) in [4.78, 5) is 11.2. The summed E-state index contributed by atoms with van der Waals surface area (Å²) >= 11 is 5.74. The van der Waals surface area contributed by atoms with Gasteiger partial charge in [0.25, 0.3) is 0 Å². The summed E-state index contributed by atoms with van der Waals surface area (Å²) in [7, 11) is 0. The van der Waals surface area contributed by atoms with Gasteiger partial charge in [0.1, 0.15) is 0 Å². The molecule has 0 spiro atoms. The van der Waals surface area contributed by atoms with Crippen LogP contribution in [0.3, 0.4) is 0 Å². The average molecular weight is 224 g/mol. The van der Waals surface area contributed by atoms with Crippen molar-refractivity contribution in [3.8, 4) is 6.07 Å². The van der Waals surface area contributed by atoms with Crippen LogP contribution in [0.2, 0.25) is 5.02 Å². The summed E-state index contributed by atoms with van der Waals surface area (Å²) in [5.74, 6) is 0. The highest BCUT2D eigenvalue weighted by Crippen LogP contribution is 2.14. The van der Waals surface area contributed by atoms with Crippen molar-refractivity contribution in [2.75, 3.05) is 11.9 Å². The van der Waals surface area contributed by atoms with E-state index in [9.17, 15) is 4.79 Å². The monoisotopic (exact) mass is 223 g/mol. The summed E-state index contributed by atoms with van der Waals surface area (Å²) in [6, 6.07) is 8.43. The summed E-state index contributed by atoms with van der Waals surface area (Å²) in [6.45, 7) is 0.336. The van der Waals surface area contributed by atoms with Crippen LogP contribution in [0.1, 0.15) is 6.42 Å². The highest BCUT2D eigenvalue weighted by Gasteiger charge is 2.00. The van der Waals surface area contributed by atoms with Crippen LogP contribution in [0.4, 0.5) is 10.5 Å². The lowest BCUT2D eigenvalue weighted by Crippen LogP contribution is -2.29. The van der Waals surface area contributed by atoms with Gasteiger partial charge in [0.15, 0.2) is 0 Å². The topological polar surface area (TPSA) is 64.9 Å². The van der Waals surface area contributed by atoms with E-state index in [0.29, 0.717) is 23.7 Å². The number of hydrogen-bond acceptors (Lipinski definition) is 2. The maximum atomic E-state index is 11.2. The van der Waals surface area contributed by atoms with E-state index in [1.165, 1.54) is 0 Å². The molecule has 1 aromatic rings. The Balaban J connectivity index is 2.42. The van der Waals surface area contributed by atoms with Crippen molar-refractivity contribution >= 4 is 23.3 Å². The molecule has 1 aromatic carbocycles. The van der Waals surface area contributed by atoms with Gasteiger partial charge in [-0.2, -0.15) is 5.26 Å². The van der Waals surface area contributed by atoms with Gasteiger partial charge in [-0.1, -0.05) is 17.7 Å². The number of carbonyl (C=O) groups excluding carboxylic acids is 1. The van der Waals surface area contributed by atoms with Crippen LogP contribution in [0.15, 0.2) is 24.3 Å². The Morgan fingerprint density at radius 3 is 3.00 bits per heavy atom. The Hall–Kier alpha value is -1.73. The van der Waals surface area contributed by atoms with Crippen molar-refractivity contribution < 1.29 is 4.79 Å². The minimum absolute atomic E-state index is 0.295. The van der Waals surface area contributed by atoms with Crippen LogP contribution < -0.4 is 10.6 Å². The molecule has 0 fully saturated rings. The molecule has 4 nitrogen and oxygen atoms in total. The van der Waals surface area contributed by atoms with Crippen LogP contribution in [0, 0.1) is 11.3 Å². The first kappa shape index (κ1) is 11.3. The van der Waals surface area contributed by atoms with Crippen molar-refractivity contribution in [3.63, 3.8) is 0 Å². The van der Waals surface area contributed by atoms with E-state index in [4.69, 9.17) is 16.9 Å². The predicted octanol–water partition coefficient (Wildman–Crippen LogP) is 2.38. The van der Waals surface area contributed by atoms with Crippen molar-refractivity contribution in [2.45, 2.75) is 6.42 Å². The number of nitrogens with one attached hydrogen (secondary N) is 2. The molecule has 2 N–H and O–H groups in total. The van der Waals surface area contributed by atoms with Crippen LogP contribution in [-0.4, -0.2) is 12.6 Å². The number of rotatable bonds is 3. The highest BCUT2D eigenvalue weighted by atomic mass is 35.5. The molecule has 0 radical (unpaired) electrons. The Bertz CT molecular complexity index is 386. The molecule has 0 aliphatic carbocycles. The molecule has 0 saturated carbocycles. The van der Waals surface area contributed by atoms with E-state index in [0.717, 1.165) is 0 Å². The molecule has 78 valence electrons. The molecule has 0 bridgehead atoms. The number of urea groups is 1. The quantitative estimate of drug-likeness (QED) is 0.773. The smallest absolute Gasteiger partial charge is 0.319 e. The standard InChI is InChI=1S/C10H10ClN3O/c11-8-3-1-4-9(7-8)14-10(15)13-6-2-5-12/h1,3-4,7H,2,6H2,(H2,13,14,15). The van der Waals surface area contributed by atoms with Gasteiger partial charge in [0, 0.05) is 17.3 Å². The lowest BCUT2D eigenvalue weighted by Gasteiger charge is -2.05. The fourth-order valence-corrected chi connectivity index (χ4v) is 1.16. The second kappa shape index (κ2) is 5.89. The van der Waals surface area contributed by atoms with Gasteiger partial charge >= 0.3 is 6.03 Å². The second-order valence-electron chi connectivity index (χ2n) is 2.80. The molecule has 0 saturated heterocycles. The molecule has 0 atom stereocenters. The third kappa shape index (κ3) is 4.34. The first-order chi connectivity index (χ1) is 7.22. The molecule has 0 aliphatic rings. The Labute approximate surface area is 92.8 Å².